The van der Waals surface area contributed by atoms with Crippen molar-refractivity contribution in [2.45, 2.75) is 17.7 Å². The van der Waals surface area contributed by atoms with Gasteiger partial charge in [-0.15, -0.1) is 11.8 Å². The summed E-state index contributed by atoms with van der Waals surface area (Å²) in [5.41, 5.74) is 0.475. The highest BCUT2D eigenvalue weighted by molar-refractivity contribution is 7.97. The number of aromatic nitrogens is 2. The van der Waals surface area contributed by atoms with Gasteiger partial charge in [0.25, 0.3) is 5.89 Å². The highest BCUT2D eigenvalue weighted by atomic mass is 35.5. The van der Waals surface area contributed by atoms with Gasteiger partial charge in [0, 0.05) is 16.3 Å². The molecule has 0 saturated heterocycles. The maximum absolute atomic E-state index is 12.9. The summed E-state index contributed by atoms with van der Waals surface area (Å²) in [7, 11) is 0. The highest BCUT2D eigenvalue weighted by Crippen LogP contribution is 2.32. The number of benzene rings is 2. The van der Waals surface area contributed by atoms with Crippen LogP contribution < -0.4 is 0 Å². The average Bonchev–Trinajstić information content (AvgIpc) is 3.38. The van der Waals surface area contributed by atoms with Gasteiger partial charge in [-0.05, 0) is 35.9 Å². The third-order valence-corrected chi connectivity index (χ3v) is 5.58. The van der Waals surface area contributed by atoms with E-state index >= 15 is 0 Å². The van der Waals surface area contributed by atoms with Crippen molar-refractivity contribution in [3.63, 3.8) is 0 Å². The SMILES string of the molecule is FC(F)(F)c1cccc(-c2noc(-c3ccc(CSCc4ccccc4Cl)o3)n2)c1. The van der Waals surface area contributed by atoms with E-state index in [-0.39, 0.29) is 17.3 Å². The first-order valence-corrected chi connectivity index (χ1v) is 10.3. The predicted octanol–water partition coefficient (Wildman–Crippen LogP) is 7.10. The molecule has 2 aromatic heterocycles. The predicted molar refractivity (Wildman–Crippen MR) is 109 cm³/mol. The van der Waals surface area contributed by atoms with Crippen LogP contribution in [0.1, 0.15) is 16.9 Å². The van der Waals surface area contributed by atoms with E-state index in [1.807, 2.05) is 24.3 Å². The van der Waals surface area contributed by atoms with Crippen LogP contribution in [0.15, 0.2) is 69.6 Å². The molecule has 2 aromatic carbocycles. The molecule has 2 heterocycles. The molecule has 0 bridgehead atoms. The normalized spacial score (nSPS) is 11.7. The summed E-state index contributed by atoms with van der Waals surface area (Å²) in [5.74, 6) is 2.57. The molecule has 4 rings (SSSR count). The molecule has 30 heavy (non-hydrogen) atoms. The van der Waals surface area contributed by atoms with Gasteiger partial charge in [0.2, 0.25) is 5.82 Å². The molecule has 4 aromatic rings. The Hall–Kier alpha value is -2.71. The van der Waals surface area contributed by atoms with Gasteiger partial charge in [0.05, 0.1) is 11.3 Å². The Morgan fingerprint density at radius 1 is 0.967 bits per heavy atom. The molecular weight excluding hydrogens is 437 g/mol. The summed E-state index contributed by atoms with van der Waals surface area (Å²) in [6.07, 6.45) is -4.44. The molecular formula is C21H14ClF3N2O2S. The van der Waals surface area contributed by atoms with Crippen LogP contribution in [0, 0.1) is 0 Å². The summed E-state index contributed by atoms with van der Waals surface area (Å²) >= 11 is 7.79. The Morgan fingerprint density at radius 2 is 1.80 bits per heavy atom. The molecule has 9 heteroatoms. The smallest absolute Gasteiger partial charge is 0.416 e. The minimum atomic E-state index is -4.44. The standard InChI is InChI=1S/C21H14ClF3N2O2S/c22-17-7-2-1-4-14(17)11-30-12-16-8-9-18(28-16)20-26-19(27-29-20)13-5-3-6-15(10-13)21(23,24)25/h1-10H,11-12H2. The van der Waals surface area contributed by atoms with Crippen molar-refractivity contribution in [3.05, 3.63) is 82.6 Å². The molecule has 0 N–H and O–H groups in total. The minimum absolute atomic E-state index is 0.0575. The Labute approximate surface area is 179 Å². The van der Waals surface area contributed by atoms with Crippen LogP contribution >= 0.6 is 23.4 Å². The lowest BCUT2D eigenvalue weighted by Crippen LogP contribution is -2.04. The van der Waals surface area contributed by atoms with Crippen molar-refractivity contribution >= 4 is 23.4 Å². The second-order valence-corrected chi connectivity index (χ2v) is 7.74. The Balaban J connectivity index is 1.43. The monoisotopic (exact) mass is 450 g/mol. The first-order chi connectivity index (χ1) is 14.4. The lowest BCUT2D eigenvalue weighted by atomic mass is 10.1. The molecule has 0 radical (unpaired) electrons. The molecule has 0 spiro atoms. The fourth-order valence-corrected chi connectivity index (χ4v) is 3.93. The molecule has 0 aliphatic rings. The fraction of sp³-hybridized carbons (Fsp3) is 0.143. The lowest BCUT2D eigenvalue weighted by Gasteiger charge is -2.06. The zero-order valence-corrected chi connectivity index (χ0v) is 16.9. The second-order valence-electron chi connectivity index (χ2n) is 6.35. The molecule has 0 fully saturated rings. The quantitative estimate of drug-likeness (QED) is 0.313. The number of hydrogen-bond acceptors (Lipinski definition) is 5. The van der Waals surface area contributed by atoms with E-state index in [1.165, 1.54) is 12.1 Å². The van der Waals surface area contributed by atoms with Crippen LogP contribution in [0.5, 0.6) is 0 Å². The Kier molecular flexibility index (Phi) is 5.87. The number of rotatable bonds is 6. The number of thioether (sulfide) groups is 1. The fourth-order valence-electron chi connectivity index (χ4n) is 2.72. The number of hydrogen-bond donors (Lipinski definition) is 0. The van der Waals surface area contributed by atoms with E-state index in [4.69, 9.17) is 20.5 Å². The van der Waals surface area contributed by atoms with Gasteiger partial charge < -0.3 is 8.94 Å². The van der Waals surface area contributed by atoms with Crippen molar-refractivity contribution < 1.29 is 22.1 Å². The Morgan fingerprint density at radius 3 is 2.60 bits per heavy atom. The third kappa shape index (κ3) is 4.71. The molecule has 0 aliphatic heterocycles. The molecule has 0 atom stereocenters. The summed E-state index contributed by atoms with van der Waals surface area (Å²) in [6, 6.07) is 15.9. The maximum atomic E-state index is 12.9. The summed E-state index contributed by atoms with van der Waals surface area (Å²) in [4.78, 5) is 4.16. The first kappa shape index (κ1) is 20.6. The number of nitrogens with zero attached hydrogens (tertiary/aromatic N) is 2. The van der Waals surface area contributed by atoms with E-state index in [0.717, 1.165) is 28.5 Å². The highest BCUT2D eigenvalue weighted by Gasteiger charge is 2.30. The molecule has 154 valence electrons. The number of furan rings is 1. The van der Waals surface area contributed by atoms with Crippen LogP contribution in [-0.4, -0.2) is 10.1 Å². The third-order valence-electron chi connectivity index (χ3n) is 4.21. The number of halogens is 4. The molecule has 0 saturated carbocycles. The zero-order valence-electron chi connectivity index (χ0n) is 15.3. The Bertz CT molecular complexity index is 1160. The van der Waals surface area contributed by atoms with Crippen LogP contribution in [0.3, 0.4) is 0 Å². The van der Waals surface area contributed by atoms with Gasteiger partial charge in [-0.1, -0.05) is 47.1 Å². The van der Waals surface area contributed by atoms with Crippen molar-refractivity contribution in [2.24, 2.45) is 0 Å². The van der Waals surface area contributed by atoms with Gasteiger partial charge >= 0.3 is 6.18 Å². The summed E-state index contributed by atoms with van der Waals surface area (Å²) in [6.45, 7) is 0. The zero-order chi connectivity index (χ0) is 21.1. The van der Waals surface area contributed by atoms with Crippen LogP contribution in [0.4, 0.5) is 13.2 Å². The van der Waals surface area contributed by atoms with Crippen LogP contribution in [0.25, 0.3) is 23.0 Å². The average molecular weight is 451 g/mol. The molecule has 0 aliphatic carbocycles. The van der Waals surface area contributed by atoms with E-state index < -0.39 is 11.7 Å². The van der Waals surface area contributed by atoms with E-state index in [1.54, 1.807) is 23.9 Å². The lowest BCUT2D eigenvalue weighted by molar-refractivity contribution is -0.137. The van der Waals surface area contributed by atoms with Crippen LogP contribution in [0.2, 0.25) is 5.02 Å². The molecule has 4 nitrogen and oxygen atoms in total. The van der Waals surface area contributed by atoms with Gasteiger partial charge in [-0.3, -0.25) is 0 Å². The maximum Gasteiger partial charge on any atom is 0.416 e. The van der Waals surface area contributed by atoms with Gasteiger partial charge in [-0.25, -0.2) is 0 Å². The molecule has 0 unspecified atom stereocenters. The minimum Gasteiger partial charge on any atom is -0.455 e. The second kappa shape index (κ2) is 8.57. The van der Waals surface area contributed by atoms with Crippen molar-refractivity contribution in [1.82, 2.24) is 10.1 Å². The molecule has 0 amide bonds. The largest absolute Gasteiger partial charge is 0.455 e. The summed E-state index contributed by atoms with van der Waals surface area (Å²) < 4.78 is 49.6. The summed E-state index contributed by atoms with van der Waals surface area (Å²) in [5, 5.41) is 4.49. The van der Waals surface area contributed by atoms with Crippen LogP contribution in [-0.2, 0) is 17.7 Å². The number of alkyl halides is 3. The van der Waals surface area contributed by atoms with Gasteiger partial charge in [-0.2, -0.15) is 18.2 Å². The van der Waals surface area contributed by atoms with Crippen molar-refractivity contribution in [3.8, 4) is 23.0 Å². The van der Waals surface area contributed by atoms with E-state index in [2.05, 4.69) is 10.1 Å². The van der Waals surface area contributed by atoms with Crippen molar-refractivity contribution in [1.29, 1.82) is 0 Å². The topological polar surface area (TPSA) is 52.1 Å². The van der Waals surface area contributed by atoms with Gasteiger partial charge in [0.1, 0.15) is 5.76 Å². The van der Waals surface area contributed by atoms with E-state index in [0.29, 0.717) is 17.3 Å². The van der Waals surface area contributed by atoms with Crippen molar-refractivity contribution in [2.75, 3.05) is 0 Å². The van der Waals surface area contributed by atoms with E-state index in [9.17, 15) is 13.2 Å². The van der Waals surface area contributed by atoms with Gasteiger partial charge in [0.15, 0.2) is 5.76 Å². The first-order valence-electron chi connectivity index (χ1n) is 8.82.